The summed E-state index contributed by atoms with van der Waals surface area (Å²) < 4.78 is 5.90. The lowest BCUT2D eigenvalue weighted by Gasteiger charge is -2.35. The molecule has 2 atom stereocenters. The Morgan fingerprint density at radius 3 is 3.22 bits per heavy atom. The van der Waals surface area contributed by atoms with E-state index in [-0.39, 0.29) is 6.10 Å². The van der Waals surface area contributed by atoms with Crippen molar-refractivity contribution in [2.24, 2.45) is 0 Å². The minimum atomic E-state index is 0.265. The maximum Gasteiger partial charge on any atom is 0.147 e. The Balaban J connectivity index is 1.53. The maximum absolute atomic E-state index is 5.90. The van der Waals surface area contributed by atoms with Crippen LogP contribution in [0.15, 0.2) is 12.4 Å². The highest BCUT2D eigenvalue weighted by atomic mass is 16.5. The molecule has 5 nitrogen and oxygen atoms in total. The zero-order valence-corrected chi connectivity index (χ0v) is 10.8. The maximum atomic E-state index is 5.90. The molecular formula is C13H20N4O. The van der Waals surface area contributed by atoms with Gasteiger partial charge in [0.15, 0.2) is 0 Å². The molecule has 3 rings (SSSR count). The summed E-state index contributed by atoms with van der Waals surface area (Å²) in [4.78, 5) is 11.1. The van der Waals surface area contributed by atoms with E-state index in [9.17, 15) is 0 Å². The van der Waals surface area contributed by atoms with E-state index >= 15 is 0 Å². The van der Waals surface area contributed by atoms with Crippen LogP contribution in [0.5, 0.6) is 0 Å². The van der Waals surface area contributed by atoms with Gasteiger partial charge in [0.25, 0.3) is 0 Å². The van der Waals surface area contributed by atoms with Crippen molar-refractivity contribution in [3.63, 3.8) is 0 Å². The Morgan fingerprint density at radius 2 is 2.33 bits per heavy atom. The zero-order chi connectivity index (χ0) is 12.4. The van der Waals surface area contributed by atoms with E-state index in [1.807, 2.05) is 6.92 Å². The van der Waals surface area contributed by atoms with E-state index in [4.69, 9.17) is 4.74 Å². The van der Waals surface area contributed by atoms with Gasteiger partial charge >= 0.3 is 0 Å². The lowest BCUT2D eigenvalue weighted by molar-refractivity contribution is -0.0416. The van der Waals surface area contributed by atoms with Gasteiger partial charge in [0.1, 0.15) is 5.82 Å². The monoisotopic (exact) mass is 248 g/mol. The first-order chi connectivity index (χ1) is 8.83. The Kier molecular flexibility index (Phi) is 3.43. The second kappa shape index (κ2) is 5.20. The van der Waals surface area contributed by atoms with Crippen LogP contribution in [-0.4, -0.2) is 53.3 Å². The summed E-state index contributed by atoms with van der Waals surface area (Å²) in [7, 11) is 0. The second-order valence-corrected chi connectivity index (χ2v) is 5.12. The van der Waals surface area contributed by atoms with Gasteiger partial charge in [-0.3, -0.25) is 9.88 Å². The van der Waals surface area contributed by atoms with Crippen LogP contribution in [0.1, 0.15) is 18.5 Å². The van der Waals surface area contributed by atoms with Crippen molar-refractivity contribution in [2.75, 3.05) is 31.6 Å². The quantitative estimate of drug-likeness (QED) is 0.867. The van der Waals surface area contributed by atoms with Crippen LogP contribution in [0.2, 0.25) is 0 Å². The molecule has 1 aromatic rings. The molecule has 2 aliphatic rings. The van der Waals surface area contributed by atoms with Crippen LogP contribution in [0.3, 0.4) is 0 Å². The lowest BCUT2D eigenvalue weighted by Crippen LogP contribution is -2.48. The van der Waals surface area contributed by atoms with E-state index in [2.05, 4.69) is 20.2 Å². The molecule has 0 amide bonds. The molecule has 1 N–H and O–H groups in total. The largest absolute Gasteiger partial charge is 0.373 e. The Hall–Kier alpha value is -1.20. The predicted octanol–water partition coefficient (Wildman–Crippen LogP) is 1.06. The summed E-state index contributed by atoms with van der Waals surface area (Å²) >= 11 is 0. The van der Waals surface area contributed by atoms with Crippen molar-refractivity contribution in [2.45, 2.75) is 31.9 Å². The molecule has 0 radical (unpaired) electrons. The van der Waals surface area contributed by atoms with Crippen molar-refractivity contribution in [1.82, 2.24) is 14.9 Å². The molecule has 0 aromatic carbocycles. The number of fused-ring (bicyclic) bond motifs is 1. The fourth-order valence-corrected chi connectivity index (χ4v) is 2.80. The molecule has 0 bridgehead atoms. The van der Waals surface area contributed by atoms with Gasteiger partial charge in [0.05, 0.1) is 18.4 Å². The van der Waals surface area contributed by atoms with E-state index in [1.54, 1.807) is 12.4 Å². The SMILES string of the molecule is Cc1nccnc1NCC1CN2CCCC2CO1. The van der Waals surface area contributed by atoms with E-state index in [0.29, 0.717) is 6.04 Å². The first-order valence-corrected chi connectivity index (χ1v) is 6.70. The minimum absolute atomic E-state index is 0.265. The summed E-state index contributed by atoms with van der Waals surface area (Å²) in [6, 6.07) is 0.666. The third-order valence-electron chi connectivity index (χ3n) is 3.84. The van der Waals surface area contributed by atoms with Crippen molar-refractivity contribution in [3.8, 4) is 0 Å². The average Bonchev–Trinajstić information content (AvgIpc) is 2.85. The summed E-state index contributed by atoms with van der Waals surface area (Å²) in [5.74, 6) is 0.865. The molecule has 5 heteroatoms. The van der Waals surface area contributed by atoms with Crippen LogP contribution in [0.25, 0.3) is 0 Å². The smallest absolute Gasteiger partial charge is 0.147 e. The summed E-state index contributed by atoms with van der Waals surface area (Å²) in [5, 5.41) is 3.34. The number of rotatable bonds is 3. The normalized spacial score (nSPS) is 28.1. The molecule has 0 spiro atoms. The first kappa shape index (κ1) is 11.9. The number of aromatic nitrogens is 2. The van der Waals surface area contributed by atoms with Crippen LogP contribution in [-0.2, 0) is 4.74 Å². The molecule has 18 heavy (non-hydrogen) atoms. The molecule has 2 unspecified atom stereocenters. The zero-order valence-electron chi connectivity index (χ0n) is 10.8. The highest BCUT2D eigenvalue weighted by Gasteiger charge is 2.31. The van der Waals surface area contributed by atoms with Crippen LogP contribution in [0, 0.1) is 6.92 Å². The Bertz CT molecular complexity index is 412. The average molecular weight is 248 g/mol. The molecule has 1 aromatic heterocycles. The van der Waals surface area contributed by atoms with Gasteiger partial charge in [-0.25, -0.2) is 4.98 Å². The number of nitrogens with zero attached hydrogens (tertiary/aromatic N) is 3. The molecular weight excluding hydrogens is 228 g/mol. The summed E-state index contributed by atoms with van der Waals surface area (Å²) in [6.07, 6.45) is 6.31. The van der Waals surface area contributed by atoms with E-state index in [1.165, 1.54) is 19.4 Å². The van der Waals surface area contributed by atoms with Gasteiger partial charge in [0.2, 0.25) is 0 Å². The molecule has 0 saturated carbocycles. The van der Waals surface area contributed by atoms with Crippen molar-refractivity contribution in [3.05, 3.63) is 18.1 Å². The van der Waals surface area contributed by atoms with Crippen LogP contribution < -0.4 is 5.32 Å². The van der Waals surface area contributed by atoms with Gasteiger partial charge < -0.3 is 10.1 Å². The van der Waals surface area contributed by atoms with Crippen molar-refractivity contribution < 1.29 is 4.74 Å². The van der Waals surface area contributed by atoms with E-state index < -0.39 is 0 Å². The Labute approximate surface area is 108 Å². The van der Waals surface area contributed by atoms with Gasteiger partial charge in [-0.2, -0.15) is 0 Å². The number of hydrogen-bond acceptors (Lipinski definition) is 5. The van der Waals surface area contributed by atoms with Crippen molar-refractivity contribution in [1.29, 1.82) is 0 Å². The standard InChI is InChI=1S/C13H20N4O/c1-10-13(15-5-4-14-10)16-7-12-8-17-6-2-3-11(17)9-18-12/h4-5,11-12H,2-3,6-9H2,1H3,(H,15,16). The summed E-state index contributed by atoms with van der Waals surface area (Å²) in [6.45, 7) is 5.92. The highest BCUT2D eigenvalue weighted by molar-refractivity contribution is 5.38. The molecule has 2 saturated heterocycles. The van der Waals surface area contributed by atoms with Crippen molar-refractivity contribution >= 4 is 5.82 Å². The highest BCUT2D eigenvalue weighted by Crippen LogP contribution is 2.22. The van der Waals surface area contributed by atoms with E-state index in [0.717, 1.165) is 31.2 Å². The fraction of sp³-hybridized carbons (Fsp3) is 0.692. The minimum Gasteiger partial charge on any atom is -0.373 e. The van der Waals surface area contributed by atoms with Gasteiger partial charge in [-0.15, -0.1) is 0 Å². The van der Waals surface area contributed by atoms with Gasteiger partial charge in [-0.05, 0) is 26.3 Å². The molecule has 2 aliphatic heterocycles. The number of hydrogen-bond donors (Lipinski definition) is 1. The summed E-state index contributed by atoms with van der Waals surface area (Å²) in [5.41, 5.74) is 0.937. The molecule has 98 valence electrons. The lowest BCUT2D eigenvalue weighted by atomic mass is 10.2. The number of aryl methyl sites for hydroxylation is 1. The Morgan fingerprint density at radius 1 is 1.44 bits per heavy atom. The number of ether oxygens (including phenoxy) is 1. The number of anilines is 1. The van der Waals surface area contributed by atoms with Crippen LogP contribution in [0.4, 0.5) is 5.82 Å². The first-order valence-electron chi connectivity index (χ1n) is 6.70. The molecule has 3 heterocycles. The molecule has 0 aliphatic carbocycles. The molecule has 2 fully saturated rings. The second-order valence-electron chi connectivity index (χ2n) is 5.12. The third kappa shape index (κ3) is 2.47. The fourth-order valence-electron chi connectivity index (χ4n) is 2.80. The topological polar surface area (TPSA) is 50.3 Å². The number of nitrogens with one attached hydrogen (secondary N) is 1. The number of morpholine rings is 1. The van der Waals surface area contributed by atoms with Gasteiger partial charge in [-0.1, -0.05) is 0 Å². The third-order valence-corrected chi connectivity index (χ3v) is 3.84. The van der Waals surface area contributed by atoms with Gasteiger partial charge in [0, 0.05) is 31.5 Å². The predicted molar refractivity (Wildman–Crippen MR) is 69.6 cm³/mol. The van der Waals surface area contributed by atoms with Crippen LogP contribution >= 0.6 is 0 Å².